The van der Waals surface area contributed by atoms with Crippen molar-refractivity contribution in [3.63, 3.8) is 0 Å². The van der Waals surface area contributed by atoms with Crippen LogP contribution in [0.3, 0.4) is 0 Å². The highest BCUT2D eigenvalue weighted by atomic mass is 32.2. The second-order valence-corrected chi connectivity index (χ2v) is 9.10. The number of aromatic nitrogens is 1. The second kappa shape index (κ2) is 11.8. The van der Waals surface area contributed by atoms with Crippen LogP contribution in [-0.2, 0) is 19.1 Å². The number of nitrogens with zero attached hydrogens (tertiary/aromatic N) is 1. The van der Waals surface area contributed by atoms with Crippen molar-refractivity contribution < 1.29 is 23.9 Å². The molecule has 0 aliphatic rings. The lowest BCUT2D eigenvalue weighted by molar-refractivity contribution is -0.143. The number of carbonyl (C=O) groups is 3. The van der Waals surface area contributed by atoms with Gasteiger partial charge in [0.2, 0.25) is 0 Å². The Labute approximate surface area is 177 Å². The maximum absolute atomic E-state index is 12.1. The standard InChI is InChI=1S/C21H32N2O5S/c1-7-27-19(25)12-17(14(2)10-11-29-15(3)24)16-8-9-18(22-13-16)23-20(26)28-21(4,5)6/h8-9,13-14,17H,7,10-12H2,1-6H3,(H,22,23,26). The quantitative estimate of drug-likeness (QED) is 0.570. The molecule has 2 atom stereocenters. The Morgan fingerprint density at radius 1 is 1.24 bits per heavy atom. The van der Waals surface area contributed by atoms with Gasteiger partial charge in [0.05, 0.1) is 13.0 Å². The number of rotatable bonds is 9. The highest BCUT2D eigenvalue weighted by Gasteiger charge is 2.24. The topological polar surface area (TPSA) is 94.6 Å². The Hall–Kier alpha value is -2.09. The van der Waals surface area contributed by atoms with E-state index in [-0.39, 0.29) is 29.3 Å². The molecule has 1 heterocycles. The van der Waals surface area contributed by atoms with Crippen molar-refractivity contribution >= 4 is 34.8 Å². The van der Waals surface area contributed by atoms with Crippen LogP contribution in [0, 0.1) is 5.92 Å². The molecule has 0 saturated carbocycles. The summed E-state index contributed by atoms with van der Waals surface area (Å²) in [7, 11) is 0. The molecule has 162 valence electrons. The van der Waals surface area contributed by atoms with Crippen LogP contribution >= 0.6 is 11.8 Å². The summed E-state index contributed by atoms with van der Waals surface area (Å²) < 4.78 is 10.3. The van der Waals surface area contributed by atoms with Crippen LogP contribution in [-0.4, -0.2) is 40.1 Å². The molecule has 0 aliphatic heterocycles. The minimum atomic E-state index is -0.595. The van der Waals surface area contributed by atoms with Crippen molar-refractivity contribution in [2.24, 2.45) is 5.92 Å². The average molecular weight is 425 g/mol. The number of thioether (sulfide) groups is 1. The third kappa shape index (κ3) is 10.3. The summed E-state index contributed by atoms with van der Waals surface area (Å²) in [6.45, 7) is 11.1. The van der Waals surface area contributed by atoms with Crippen molar-refractivity contribution in [2.45, 2.75) is 65.9 Å². The smallest absolute Gasteiger partial charge is 0.413 e. The van der Waals surface area contributed by atoms with E-state index in [1.165, 1.54) is 11.8 Å². The first-order valence-electron chi connectivity index (χ1n) is 9.76. The highest BCUT2D eigenvalue weighted by molar-refractivity contribution is 8.13. The molecule has 1 N–H and O–H groups in total. The minimum absolute atomic E-state index is 0.0818. The Bertz CT molecular complexity index is 685. The third-order valence-corrected chi connectivity index (χ3v) is 4.95. The summed E-state index contributed by atoms with van der Waals surface area (Å²) in [4.78, 5) is 39.4. The molecule has 1 rings (SSSR count). The van der Waals surface area contributed by atoms with E-state index in [4.69, 9.17) is 9.47 Å². The van der Waals surface area contributed by atoms with Crippen molar-refractivity contribution in [3.8, 4) is 0 Å². The second-order valence-electron chi connectivity index (χ2n) is 7.83. The van der Waals surface area contributed by atoms with Crippen LogP contribution in [0.2, 0.25) is 0 Å². The van der Waals surface area contributed by atoms with Crippen LogP contribution in [0.4, 0.5) is 10.6 Å². The van der Waals surface area contributed by atoms with Crippen molar-refractivity contribution in [3.05, 3.63) is 23.9 Å². The number of amides is 1. The molecular weight excluding hydrogens is 392 g/mol. The highest BCUT2D eigenvalue weighted by Crippen LogP contribution is 2.32. The van der Waals surface area contributed by atoms with Gasteiger partial charge < -0.3 is 9.47 Å². The van der Waals surface area contributed by atoms with E-state index in [2.05, 4.69) is 17.2 Å². The van der Waals surface area contributed by atoms with Gasteiger partial charge in [-0.05, 0) is 57.6 Å². The molecular formula is C21H32N2O5S. The molecule has 7 nitrogen and oxygen atoms in total. The third-order valence-electron chi connectivity index (χ3n) is 4.10. The van der Waals surface area contributed by atoms with E-state index in [1.807, 2.05) is 6.07 Å². The summed E-state index contributed by atoms with van der Waals surface area (Å²) in [5.74, 6) is 0.862. The summed E-state index contributed by atoms with van der Waals surface area (Å²) >= 11 is 1.28. The maximum atomic E-state index is 12.1. The lowest BCUT2D eigenvalue weighted by Crippen LogP contribution is -2.27. The molecule has 0 bridgehead atoms. The first kappa shape index (κ1) is 24.9. The molecule has 0 fully saturated rings. The molecule has 0 aliphatic carbocycles. The maximum Gasteiger partial charge on any atom is 0.413 e. The first-order valence-corrected chi connectivity index (χ1v) is 10.7. The van der Waals surface area contributed by atoms with Gasteiger partial charge in [-0.25, -0.2) is 9.78 Å². The van der Waals surface area contributed by atoms with E-state index >= 15 is 0 Å². The van der Waals surface area contributed by atoms with Gasteiger partial charge in [0.1, 0.15) is 11.4 Å². The van der Waals surface area contributed by atoms with E-state index in [1.54, 1.807) is 46.9 Å². The van der Waals surface area contributed by atoms with Crippen LogP contribution in [0.25, 0.3) is 0 Å². The predicted octanol–water partition coefficient (Wildman–Crippen LogP) is 4.77. The van der Waals surface area contributed by atoms with Crippen molar-refractivity contribution in [2.75, 3.05) is 17.7 Å². The molecule has 0 saturated heterocycles. The summed E-state index contributed by atoms with van der Waals surface area (Å²) in [6.07, 6.45) is 2.10. The number of carbonyl (C=O) groups excluding carboxylic acids is 3. The fourth-order valence-electron chi connectivity index (χ4n) is 2.74. The van der Waals surface area contributed by atoms with Gasteiger partial charge in [0, 0.05) is 18.9 Å². The molecule has 0 spiro atoms. The Morgan fingerprint density at radius 2 is 1.93 bits per heavy atom. The van der Waals surface area contributed by atoms with Gasteiger partial charge in [-0.1, -0.05) is 24.8 Å². The number of ether oxygens (including phenoxy) is 2. The largest absolute Gasteiger partial charge is 0.466 e. The first-order chi connectivity index (χ1) is 13.5. The van der Waals surface area contributed by atoms with Gasteiger partial charge >= 0.3 is 12.1 Å². The van der Waals surface area contributed by atoms with Gasteiger partial charge in [0.15, 0.2) is 5.12 Å². The predicted molar refractivity (Wildman–Crippen MR) is 115 cm³/mol. The van der Waals surface area contributed by atoms with Crippen LogP contribution in [0.5, 0.6) is 0 Å². The molecule has 1 aromatic rings. The minimum Gasteiger partial charge on any atom is -0.466 e. The van der Waals surface area contributed by atoms with Crippen molar-refractivity contribution in [1.29, 1.82) is 0 Å². The van der Waals surface area contributed by atoms with E-state index in [9.17, 15) is 14.4 Å². The van der Waals surface area contributed by atoms with Crippen LogP contribution < -0.4 is 5.32 Å². The SMILES string of the molecule is CCOC(=O)CC(c1ccc(NC(=O)OC(C)(C)C)nc1)C(C)CCSC(C)=O. The zero-order valence-corrected chi connectivity index (χ0v) is 18.9. The summed E-state index contributed by atoms with van der Waals surface area (Å²) in [5.41, 5.74) is 0.287. The van der Waals surface area contributed by atoms with Gasteiger partial charge in [-0.15, -0.1) is 0 Å². The Balaban J connectivity index is 2.86. The average Bonchev–Trinajstić information content (AvgIpc) is 2.58. The number of hydrogen-bond donors (Lipinski definition) is 1. The molecule has 2 unspecified atom stereocenters. The summed E-state index contributed by atoms with van der Waals surface area (Å²) in [6, 6.07) is 3.53. The van der Waals surface area contributed by atoms with E-state index in [0.717, 1.165) is 12.0 Å². The molecule has 8 heteroatoms. The van der Waals surface area contributed by atoms with Gasteiger partial charge in [0.25, 0.3) is 0 Å². The number of hydrogen-bond acceptors (Lipinski definition) is 7. The Kier molecular flexibility index (Phi) is 10.2. The number of anilines is 1. The summed E-state index contributed by atoms with van der Waals surface area (Å²) in [5, 5.41) is 2.68. The van der Waals surface area contributed by atoms with Crippen LogP contribution in [0.15, 0.2) is 18.3 Å². The van der Waals surface area contributed by atoms with Gasteiger partial charge in [-0.2, -0.15) is 0 Å². The normalized spacial score (nSPS) is 13.3. The number of esters is 1. The Morgan fingerprint density at radius 3 is 2.45 bits per heavy atom. The molecule has 1 amide bonds. The van der Waals surface area contributed by atoms with Crippen molar-refractivity contribution in [1.82, 2.24) is 4.98 Å². The molecule has 0 aromatic carbocycles. The lowest BCUT2D eigenvalue weighted by atomic mass is 9.84. The van der Waals surface area contributed by atoms with E-state index < -0.39 is 11.7 Å². The fourth-order valence-corrected chi connectivity index (χ4v) is 3.52. The number of pyridine rings is 1. The number of nitrogens with one attached hydrogen (secondary N) is 1. The fraction of sp³-hybridized carbons (Fsp3) is 0.619. The molecule has 29 heavy (non-hydrogen) atoms. The van der Waals surface area contributed by atoms with Crippen LogP contribution in [0.1, 0.15) is 65.9 Å². The molecule has 0 radical (unpaired) electrons. The zero-order chi connectivity index (χ0) is 22.0. The monoisotopic (exact) mass is 424 g/mol. The molecule has 1 aromatic heterocycles. The zero-order valence-electron chi connectivity index (χ0n) is 18.1. The lowest BCUT2D eigenvalue weighted by Gasteiger charge is -2.24. The van der Waals surface area contributed by atoms with E-state index in [0.29, 0.717) is 18.2 Å². The van der Waals surface area contributed by atoms with Gasteiger partial charge in [-0.3, -0.25) is 14.9 Å².